The molecule has 6 nitrogen and oxygen atoms in total. The zero-order valence-corrected chi connectivity index (χ0v) is 12.8. The highest BCUT2D eigenvalue weighted by molar-refractivity contribution is 5.90. The number of aromatic nitrogens is 1. The normalized spacial score (nSPS) is 18.3. The van der Waals surface area contributed by atoms with Gasteiger partial charge in [0.15, 0.2) is 0 Å². The van der Waals surface area contributed by atoms with Gasteiger partial charge in [0, 0.05) is 26.2 Å². The first-order chi connectivity index (χ1) is 10.2. The van der Waals surface area contributed by atoms with Crippen LogP contribution in [0.3, 0.4) is 0 Å². The lowest BCUT2D eigenvalue weighted by Gasteiger charge is -2.23. The largest absolute Gasteiger partial charge is 0.375 e. The fraction of sp³-hybridized carbons (Fsp3) is 0.600. The first kappa shape index (κ1) is 15.7. The van der Waals surface area contributed by atoms with Crippen molar-refractivity contribution in [3.05, 3.63) is 18.3 Å². The summed E-state index contributed by atoms with van der Waals surface area (Å²) in [7, 11) is 0. The van der Waals surface area contributed by atoms with Crippen LogP contribution in [-0.4, -0.2) is 49.8 Å². The Hall–Kier alpha value is -1.66. The topological polar surface area (TPSA) is 66.5 Å². The molecule has 116 valence electrons. The first-order valence-corrected chi connectivity index (χ1v) is 7.56. The molecule has 2 heterocycles. The minimum absolute atomic E-state index is 0.0401. The Bertz CT molecular complexity index is 439. The SMILES string of the molecule is CCN(CC)c1ccc(NC(=O)CC2CNCCO2)cn1. The lowest BCUT2D eigenvalue weighted by molar-refractivity contribution is -0.119. The van der Waals surface area contributed by atoms with E-state index in [-0.39, 0.29) is 12.0 Å². The lowest BCUT2D eigenvalue weighted by atomic mass is 10.2. The number of nitrogens with one attached hydrogen (secondary N) is 2. The highest BCUT2D eigenvalue weighted by atomic mass is 16.5. The fourth-order valence-electron chi connectivity index (χ4n) is 2.36. The standard InChI is InChI=1S/C15H24N4O2/c1-3-19(4-2)14-6-5-12(10-17-14)18-15(20)9-13-11-16-7-8-21-13/h5-6,10,13,16H,3-4,7-9,11H2,1-2H3,(H,18,20). The van der Waals surface area contributed by atoms with Gasteiger partial charge >= 0.3 is 0 Å². The van der Waals surface area contributed by atoms with Crippen molar-refractivity contribution in [2.45, 2.75) is 26.4 Å². The summed E-state index contributed by atoms with van der Waals surface area (Å²) in [6.07, 6.45) is 2.03. The molecule has 0 aliphatic carbocycles. The second-order valence-corrected chi connectivity index (χ2v) is 5.03. The molecule has 1 saturated heterocycles. The molecule has 1 aromatic rings. The average molecular weight is 292 g/mol. The molecule has 0 radical (unpaired) electrons. The van der Waals surface area contributed by atoms with Crippen molar-refractivity contribution in [3.8, 4) is 0 Å². The summed E-state index contributed by atoms with van der Waals surface area (Å²) in [5.41, 5.74) is 0.722. The highest BCUT2D eigenvalue weighted by Gasteiger charge is 2.17. The number of carbonyl (C=O) groups is 1. The first-order valence-electron chi connectivity index (χ1n) is 7.56. The van der Waals surface area contributed by atoms with E-state index in [9.17, 15) is 4.79 Å². The quantitative estimate of drug-likeness (QED) is 0.826. The van der Waals surface area contributed by atoms with Crippen LogP contribution in [0.2, 0.25) is 0 Å². The number of pyridine rings is 1. The van der Waals surface area contributed by atoms with E-state index in [1.165, 1.54) is 0 Å². The van der Waals surface area contributed by atoms with Gasteiger partial charge in [0.1, 0.15) is 5.82 Å². The molecule has 1 unspecified atom stereocenters. The van der Waals surface area contributed by atoms with Crippen molar-refractivity contribution in [3.63, 3.8) is 0 Å². The second-order valence-electron chi connectivity index (χ2n) is 5.03. The van der Waals surface area contributed by atoms with Crippen molar-refractivity contribution in [2.24, 2.45) is 0 Å². The smallest absolute Gasteiger partial charge is 0.227 e. The molecular formula is C15H24N4O2. The number of amides is 1. The molecule has 1 aliphatic heterocycles. The summed E-state index contributed by atoms with van der Waals surface area (Å²) >= 11 is 0. The van der Waals surface area contributed by atoms with Crippen LogP contribution in [0, 0.1) is 0 Å². The Morgan fingerprint density at radius 1 is 1.48 bits per heavy atom. The average Bonchev–Trinajstić information content (AvgIpc) is 2.51. The Labute approximate surface area is 125 Å². The van der Waals surface area contributed by atoms with E-state index in [4.69, 9.17) is 4.74 Å². The molecule has 0 aromatic carbocycles. The maximum Gasteiger partial charge on any atom is 0.227 e. The summed E-state index contributed by atoms with van der Waals surface area (Å²) in [4.78, 5) is 18.5. The van der Waals surface area contributed by atoms with E-state index in [0.29, 0.717) is 13.0 Å². The van der Waals surface area contributed by atoms with Gasteiger partial charge in [0.25, 0.3) is 0 Å². The molecule has 1 amide bonds. The monoisotopic (exact) mass is 292 g/mol. The van der Waals surface area contributed by atoms with Gasteiger partial charge in [-0.05, 0) is 26.0 Å². The lowest BCUT2D eigenvalue weighted by Crippen LogP contribution is -2.40. The van der Waals surface area contributed by atoms with Crippen LogP contribution in [0.4, 0.5) is 11.5 Å². The predicted octanol–water partition coefficient (Wildman–Crippen LogP) is 1.24. The third-order valence-electron chi connectivity index (χ3n) is 3.54. The van der Waals surface area contributed by atoms with Crippen molar-refractivity contribution < 1.29 is 9.53 Å². The van der Waals surface area contributed by atoms with E-state index < -0.39 is 0 Å². The molecule has 2 rings (SSSR count). The van der Waals surface area contributed by atoms with Crippen LogP contribution in [0.15, 0.2) is 18.3 Å². The Morgan fingerprint density at radius 3 is 2.86 bits per heavy atom. The van der Waals surface area contributed by atoms with Crippen LogP contribution in [0.25, 0.3) is 0 Å². The molecule has 0 saturated carbocycles. The molecule has 6 heteroatoms. The molecule has 1 aliphatic rings. The van der Waals surface area contributed by atoms with E-state index in [0.717, 1.165) is 37.7 Å². The number of morpholine rings is 1. The summed E-state index contributed by atoms with van der Waals surface area (Å²) in [6, 6.07) is 3.82. The zero-order chi connectivity index (χ0) is 15.1. The van der Waals surface area contributed by atoms with Gasteiger partial charge in [0.05, 0.1) is 31.0 Å². The van der Waals surface area contributed by atoms with Gasteiger partial charge in [-0.2, -0.15) is 0 Å². The number of anilines is 2. The molecule has 21 heavy (non-hydrogen) atoms. The second kappa shape index (κ2) is 7.95. The Balaban J connectivity index is 1.86. The van der Waals surface area contributed by atoms with Gasteiger partial charge in [-0.15, -0.1) is 0 Å². The Kier molecular flexibility index (Phi) is 5.95. The van der Waals surface area contributed by atoms with Crippen LogP contribution >= 0.6 is 0 Å². The Morgan fingerprint density at radius 2 is 2.29 bits per heavy atom. The number of hydrogen-bond donors (Lipinski definition) is 2. The van der Waals surface area contributed by atoms with Gasteiger partial charge in [-0.25, -0.2) is 4.98 Å². The van der Waals surface area contributed by atoms with Crippen molar-refractivity contribution in [1.82, 2.24) is 10.3 Å². The molecular weight excluding hydrogens is 268 g/mol. The summed E-state index contributed by atoms with van der Waals surface area (Å²) < 4.78 is 5.52. The number of ether oxygens (including phenoxy) is 1. The van der Waals surface area contributed by atoms with Crippen molar-refractivity contribution in [1.29, 1.82) is 0 Å². The van der Waals surface area contributed by atoms with Gasteiger partial charge in [0.2, 0.25) is 5.91 Å². The van der Waals surface area contributed by atoms with E-state index in [2.05, 4.69) is 34.4 Å². The van der Waals surface area contributed by atoms with Gasteiger partial charge in [-0.3, -0.25) is 4.79 Å². The van der Waals surface area contributed by atoms with E-state index in [1.807, 2.05) is 12.1 Å². The third-order valence-corrected chi connectivity index (χ3v) is 3.54. The molecule has 0 bridgehead atoms. The van der Waals surface area contributed by atoms with Gasteiger partial charge < -0.3 is 20.3 Å². The molecule has 1 fully saturated rings. The number of carbonyl (C=O) groups excluding carboxylic acids is 1. The third kappa shape index (κ3) is 4.68. The maximum absolute atomic E-state index is 12.0. The molecule has 0 spiro atoms. The van der Waals surface area contributed by atoms with Crippen molar-refractivity contribution >= 4 is 17.4 Å². The van der Waals surface area contributed by atoms with Crippen molar-refractivity contribution in [2.75, 3.05) is 43.0 Å². The molecule has 2 N–H and O–H groups in total. The van der Waals surface area contributed by atoms with Crippen LogP contribution in [0.5, 0.6) is 0 Å². The fourth-order valence-corrected chi connectivity index (χ4v) is 2.36. The molecule has 1 atom stereocenters. The highest BCUT2D eigenvalue weighted by Crippen LogP contribution is 2.14. The van der Waals surface area contributed by atoms with Crippen LogP contribution in [0.1, 0.15) is 20.3 Å². The van der Waals surface area contributed by atoms with Gasteiger partial charge in [-0.1, -0.05) is 0 Å². The number of rotatable bonds is 6. The van der Waals surface area contributed by atoms with Crippen LogP contribution < -0.4 is 15.5 Å². The minimum Gasteiger partial charge on any atom is -0.375 e. The maximum atomic E-state index is 12.0. The number of nitrogens with zero attached hydrogens (tertiary/aromatic N) is 2. The zero-order valence-electron chi connectivity index (χ0n) is 12.8. The van der Waals surface area contributed by atoms with E-state index in [1.54, 1.807) is 6.20 Å². The molecule has 1 aromatic heterocycles. The summed E-state index contributed by atoms with van der Waals surface area (Å²) in [5, 5.41) is 6.08. The summed E-state index contributed by atoms with van der Waals surface area (Å²) in [5.74, 6) is 0.888. The van der Waals surface area contributed by atoms with E-state index >= 15 is 0 Å². The predicted molar refractivity (Wildman–Crippen MR) is 83.7 cm³/mol. The summed E-state index contributed by atoms with van der Waals surface area (Å²) in [6.45, 7) is 8.28. The minimum atomic E-state index is -0.0407. The number of hydrogen-bond acceptors (Lipinski definition) is 5. The van der Waals surface area contributed by atoms with Crippen LogP contribution in [-0.2, 0) is 9.53 Å².